The lowest BCUT2D eigenvalue weighted by atomic mass is 10.2. The van der Waals surface area contributed by atoms with E-state index in [-0.39, 0.29) is 0 Å². The number of hydrogen-bond donors (Lipinski definition) is 2. The fourth-order valence-corrected chi connectivity index (χ4v) is 1.61. The number of para-hydroxylation sites is 1. The third-order valence-electron chi connectivity index (χ3n) is 2.73. The van der Waals surface area contributed by atoms with E-state index in [4.69, 9.17) is 5.73 Å². The predicted molar refractivity (Wildman–Crippen MR) is 68.3 cm³/mol. The van der Waals surface area contributed by atoms with Crippen molar-refractivity contribution < 1.29 is 4.57 Å². The van der Waals surface area contributed by atoms with Crippen LogP contribution in [0, 0.1) is 6.92 Å². The summed E-state index contributed by atoms with van der Waals surface area (Å²) in [6, 6.07) is 10.0. The number of nitrogen functional groups attached to an aromatic ring is 1. The zero-order valence-electron chi connectivity index (χ0n) is 10.1. The number of nitrogens with zero attached hydrogens (tertiary/aromatic N) is 2. The second kappa shape index (κ2) is 4.82. The predicted octanol–water partition coefficient (Wildman–Crippen LogP) is 1.41. The summed E-state index contributed by atoms with van der Waals surface area (Å²) in [5.41, 5.74) is 7.97. The first-order chi connectivity index (χ1) is 8.16. The molecule has 0 aliphatic rings. The van der Waals surface area contributed by atoms with Crippen molar-refractivity contribution in [2.24, 2.45) is 7.05 Å². The molecule has 0 fully saturated rings. The Hall–Kier alpha value is -2.10. The highest BCUT2D eigenvalue weighted by Crippen LogP contribution is 2.10. The second-order valence-electron chi connectivity index (χ2n) is 4.03. The molecule has 1 heterocycles. The number of benzene rings is 1. The van der Waals surface area contributed by atoms with Gasteiger partial charge in [-0.3, -0.25) is 0 Å². The average molecular weight is 229 g/mol. The highest BCUT2D eigenvalue weighted by Gasteiger charge is 2.11. The molecular weight excluding hydrogens is 212 g/mol. The van der Waals surface area contributed by atoms with Crippen molar-refractivity contribution >= 4 is 11.5 Å². The normalized spacial score (nSPS) is 10.2. The lowest BCUT2D eigenvalue weighted by Gasteiger charge is -2.06. The van der Waals surface area contributed by atoms with Gasteiger partial charge in [-0.05, 0) is 17.1 Å². The van der Waals surface area contributed by atoms with E-state index in [0.29, 0.717) is 12.4 Å². The smallest absolute Gasteiger partial charge is 0.297 e. The van der Waals surface area contributed by atoms with E-state index in [1.807, 2.05) is 55.1 Å². The summed E-state index contributed by atoms with van der Waals surface area (Å²) in [6.45, 7) is 2.61. The second-order valence-corrected chi connectivity index (χ2v) is 4.03. The SMILES string of the molecule is Cc1nc(N)c(CNc2ccccc2)c[n+]1C. The molecule has 0 saturated heterocycles. The van der Waals surface area contributed by atoms with Crippen molar-refractivity contribution in [3.05, 3.63) is 47.9 Å². The molecular formula is C13H17N4+. The quantitative estimate of drug-likeness (QED) is 0.782. The van der Waals surface area contributed by atoms with Gasteiger partial charge in [-0.15, -0.1) is 0 Å². The number of aryl methyl sites for hydroxylation is 2. The van der Waals surface area contributed by atoms with Crippen molar-refractivity contribution in [2.45, 2.75) is 13.5 Å². The van der Waals surface area contributed by atoms with E-state index in [1.54, 1.807) is 0 Å². The Balaban J connectivity index is 2.12. The lowest BCUT2D eigenvalue weighted by Crippen LogP contribution is -2.34. The maximum absolute atomic E-state index is 5.89. The van der Waals surface area contributed by atoms with Crippen LogP contribution >= 0.6 is 0 Å². The van der Waals surface area contributed by atoms with Crippen LogP contribution in [-0.2, 0) is 13.6 Å². The van der Waals surface area contributed by atoms with Gasteiger partial charge in [-0.2, -0.15) is 0 Å². The van der Waals surface area contributed by atoms with E-state index in [0.717, 1.165) is 17.1 Å². The number of rotatable bonds is 3. The zero-order chi connectivity index (χ0) is 12.3. The minimum Gasteiger partial charge on any atom is -0.381 e. The van der Waals surface area contributed by atoms with Gasteiger partial charge in [0.15, 0.2) is 0 Å². The van der Waals surface area contributed by atoms with Crippen molar-refractivity contribution in [1.29, 1.82) is 0 Å². The number of aromatic nitrogens is 2. The van der Waals surface area contributed by atoms with Crippen LogP contribution in [-0.4, -0.2) is 4.98 Å². The van der Waals surface area contributed by atoms with E-state index in [9.17, 15) is 0 Å². The van der Waals surface area contributed by atoms with Gasteiger partial charge in [0.2, 0.25) is 5.82 Å². The van der Waals surface area contributed by atoms with Gasteiger partial charge in [0, 0.05) is 19.2 Å². The van der Waals surface area contributed by atoms with E-state index in [1.165, 1.54) is 0 Å². The summed E-state index contributed by atoms with van der Waals surface area (Å²) in [7, 11) is 1.97. The Bertz CT molecular complexity index is 508. The Morgan fingerprint density at radius 1 is 1.29 bits per heavy atom. The first kappa shape index (κ1) is 11.4. The molecule has 2 rings (SSSR count). The first-order valence-corrected chi connectivity index (χ1v) is 5.57. The summed E-state index contributed by atoms with van der Waals surface area (Å²) < 4.78 is 1.97. The molecule has 1 aromatic heterocycles. The maximum Gasteiger partial charge on any atom is 0.297 e. The fourth-order valence-electron chi connectivity index (χ4n) is 1.61. The molecule has 3 N–H and O–H groups in total. The summed E-state index contributed by atoms with van der Waals surface area (Å²) in [5.74, 6) is 1.50. The van der Waals surface area contributed by atoms with Crippen LogP contribution in [0.25, 0.3) is 0 Å². The molecule has 0 radical (unpaired) electrons. The molecule has 2 aromatic rings. The molecule has 1 aromatic carbocycles. The van der Waals surface area contributed by atoms with Gasteiger partial charge < -0.3 is 11.1 Å². The van der Waals surface area contributed by atoms with Gasteiger partial charge in [0.05, 0.1) is 12.6 Å². The molecule has 0 aliphatic carbocycles. The van der Waals surface area contributed by atoms with Crippen molar-refractivity contribution in [3.8, 4) is 0 Å². The van der Waals surface area contributed by atoms with Crippen LogP contribution in [0.4, 0.5) is 11.5 Å². The highest BCUT2D eigenvalue weighted by atomic mass is 15.0. The molecule has 0 amide bonds. The summed E-state index contributed by atoms with van der Waals surface area (Å²) in [4.78, 5) is 4.29. The zero-order valence-corrected chi connectivity index (χ0v) is 10.1. The number of hydrogen-bond acceptors (Lipinski definition) is 3. The van der Waals surface area contributed by atoms with E-state index in [2.05, 4.69) is 10.3 Å². The summed E-state index contributed by atoms with van der Waals surface area (Å²) >= 11 is 0. The van der Waals surface area contributed by atoms with Crippen molar-refractivity contribution in [1.82, 2.24) is 4.98 Å². The summed E-state index contributed by atoms with van der Waals surface area (Å²) in [5, 5.41) is 3.32. The molecule has 0 bridgehead atoms. The largest absolute Gasteiger partial charge is 0.381 e. The molecule has 0 unspecified atom stereocenters. The minimum absolute atomic E-state index is 0.587. The third kappa shape index (κ3) is 2.72. The van der Waals surface area contributed by atoms with Crippen LogP contribution < -0.4 is 15.6 Å². The molecule has 0 aliphatic heterocycles. The minimum atomic E-state index is 0.587. The Labute approximate surface area is 101 Å². The van der Waals surface area contributed by atoms with Crippen LogP contribution in [0.1, 0.15) is 11.4 Å². The fraction of sp³-hybridized carbons (Fsp3) is 0.231. The van der Waals surface area contributed by atoms with Crippen molar-refractivity contribution in [2.75, 3.05) is 11.1 Å². The molecule has 0 saturated carbocycles. The number of anilines is 2. The van der Waals surface area contributed by atoms with Crippen LogP contribution in [0.2, 0.25) is 0 Å². The topological polar surface area (TPSA) is 54.8 Å². The molecule has 4 nitrogen and oxygen atoms in total. The highest BCUT2D eigenvalue weighted by molar-refractivity contribution is 5.45. The monoisotopic (exact) mass is 229 g/mol. The van der Waals surface area contributed by atoms with Crippen LogP contribution in [0.5, 0.6) is 0 Å². The van der Waals surface area contributed by atoms with Crippen LogP contribution in [0.15, 0.2) is 36.5 Å². The number of nitrogens with one attached hydrogen (secondary N) is 1. The molecule has 17 heavy (non-hydrogen) atoms. The van der Waals surface area contributed by atoms with E-state index >= 15 is 0 Å². The van der Waals surface area contributed by atoms with Gasteiger partial charge in [0.1, 0.15) is 6.20 Å². The Morgan fingerprint density at radius 3 is 2.71 bits per heavy atom. The lowest BCUT2D eigenvalue weighted by molar-refractivity contribution is -0.681. The molecule has 0 spiro atoms. The Kier molecular flexibility index (Phi) is 3.23. The molecule has 4 heteroatoms. The standard InChI is InChI=1S/C13H16N4/c1-10-16-13(14)11(9-17(10)2)8-15-12-6-4-3-5-7-12/h3-7,9,14-15H,8H2,1-2H3/p+1. The molecule has 0 atom stereocenters. The van der Waals surface area contributed by atoms with Gasteiger partial charge in [-0.1, -0.05) is 18.2 Å². The average Bonchev–Trinajstić information content (AvgIpc) is 2.33. The third-order valence-corrected chi connectivity index (χ3v) is 2.73. The van der Waals surface area contributed by atoms with Gasteiger partial charge in [0.25, 0.3) is 5.82 Å². The van der Waals surface area contributed by atoms with Crippen LogP contribution in [0.3, 0.4) is 0 Å². The van der Waals surface area contributed by atoms with Gasteiger partial charge in [-0.25, -0.2) is 4.57 Å². The number of nitrogens with two attached hydrogens (primary N) is 1. The molecule has 88 valence electrons. The first-order valence-electron chi connectivity index (χ1n) is 5.57. The van der Waals surface area contributed by atoms with E-state index < -0.39 is 0 Å². The van der Waals surface area contributed by atoms with Crippen molar-refractivity contribution in [3.63, 3.8) is 0 Å². The van der Waals surface area contributed by atoms with Gasteiger partial charge >= 0.3 is 0 Å². The maximum atomic E-state index is 5.89. The summed E-state index contributed by atoms with van der Waals surface area (Å²) in [6.07, 6.45) is 2.01. The Morgan fingerprint density at radius 2 is 2.00 bits per heavy atom.